The summed E-state index contributed by atoms with van der Waals surface area (Å²) in [5.41, 5.74) is 2.57. The Morgan fingerprint density at radius 3 is 2.22 bits per heavy atom. The fourth-order valence-electron chi connectivity index (χ4n) is 3.94. The van der Waals surface area contributed by atoms with E-state index in [0.29, 0.717) is 44.2 Å². The van der Waals surface area contributed by atoms with E-state index in [1.54, 1.807) is 0 Å². The SMILES string of the molecule is Cc1cc(C)c(S(=O)(=O)N2CC[NH+](CC(=O)N3CCNC3=O)CC2)c(C)c1. The number of piperazine rings is 1. The van der Waals surface area contributed by atoms with Gasteiger partial charge < -0.3 is 10.2 Å². The molecule has 2 saturated heterocycles. The molecule has 0 saturated carbocycles. The summed E-state index contributed by atoms with van der Waals surface area (Å²) in [6.07, 6.45) is 0. The summed E-state index contributed by atoms with van der Waals surface area (Å²) in [5, 5.41) is 2.62. The minimum Gasteiger partial charge on any atom is -0.336 e. The van der Waals surface area contributed by atoms with E-state index in [0.717, 1.165) is 21.6 Å². The first-order valence-electron chi connectivity index (χ1n) is 9.20. The zero-order valence-electron chi connectivity index (χ0n) is 16.0. The molecule has 2 aliphatic heterocycles. The van der Waals surface area contributed by atoms with Gasteiger partial charge in [-0.25, -0.2) is 13.2 Å². The number of imide groups is 1. The Morgan fingerprint density at radius 2 is 1.70 bits per heavy atom. The van der Waals surface area contributed by atoms with Crippen LogP contribution in [0.3, 0.4) is 0 Å². The van der Waals surface area contributed by atoms with Gasteiger partial charge in [-0.05, 0) is 31.9 Å². The van der Waals surface area contributed by atoms with Gasteiger partial charge in [0.15, 0.2) is 6.54 Å². The van der Waals surface area contributed by atoms with E-state index in [4.69, 9.17) is 0 Å². The van der Waals surface area contributed by atoms with Crippen molar-refractivity contribution in [1.82, 2.24) is 14.5 Å². The highest BCUT2D eigenvalue weighted by molar-refractivity contribution is 7.89. The molecule has 8 nitrogen and oxygen atoms in total. The van der Waals surface area contributed by atoms with Gasteiger partial charge in [-0.1, -0.05) is 17.7 Å². The maximum atomic E-state index is 13.1. The standard InChI is InChI=1S/C18H26N4O4S/c1-13-10-14(2)17(15(3)11-13)27(25,26)21-8-6-20(7-9-21)12-16(23)22-5-4-19-18(22)24/h10-11H,4-9,12H2,1-3H3,(H,19,24)/p+1. The maximum Gasteiger partial charge on any atom is 0.324 e. The first-order valence-corrected chi connectivity index (χ1v) is 10.6. The molecule has 27 heavy (non-hydrogen) atoms. The first kappa shape index (κ1) is 19.8. The molecule has 3 rings (SSSR count). The summed E-state index contributed by atoms with van der Waals surface area (Å²) in [4.78, 5) is 26.5. The van der Waals surface area contributed by atoms with Crippen LogP contribution in [-0.2, 0) is 14.8 Å². The van der Waals surface area contributed by atoms with E-state index in [9.17, 15) is 18.0 Å². The number of urea groups is 1. The fraction of sp³-hybridized carbons (Fsp3) is 0.556. The number of carbonyl (C=O) groups is 2. The third kappa shape index (κ3) is 3.99. The Hall–Kier alpha value is -1.97. The average molecular weight is 396 g/mol. The molecule has 0 bridgehead atoms. The molecule has 0 atom stereocenters. The van der Waals surface area contributed by atoms with Gasteiger partial charge in [-0.3, -0.25) is 9.69 Å². The molecule has 3 amide bonds. The molecule has 0 radical (unpaired) electrons. The number of nitrogens with one attached hydrogen (secondary N) is 2. The highest BCUT2D eigenvalue weighted by Gasteiger charge is 2.35. The summed E-state index contributed by atoms with van der Waals surface area (Å²) in [7, 11) is -3.56. The summed E-state index contributed by atoms with van der Waals surface area (Å²) < 4.78 is 27.7. The molecule has 2 N–H and O–H groups in total. The predicted molar refractivity (Wildman–Crippen MR) is 100 cm³/mol. The normalized spacial score (nSPS) is 19.4. The van der Waals surface area contributed by atoms with Gasteiger partial charge in [-0.15, -0.1) is 0 Å². The second kappa shape index (κ2) is 7.57. The number of amides is 3. The number of rotatable bonds is 4. The minimum absolute atomic E-state index is 0.207. The van der Waals surface area contributed by atoms with E-state index in [1.807, 2.05) is 32.9 Å². The molecule has 2 fully saturated rings. The van der Waals surface area contributed by atoms with Crippen molar-refractivity contribution in [2.45, 2.75) is 25.7 Å². The molecule has 0 spiro atoms. The number of nitrogens with zero attached hydrogens (tertiary/aromatic N) is 2. The highest BCUT2D eigenvalue weighted by Crippen LogP contribution is 2.25. The molecule has 9 heteroatoms. The molecule has 1 aromatic carbocycles. The Bertz CT molecular complexity index is 837. The van der Waals surface area contributed by atoms with Crippen LogP contribution in [0.25, 0.3) is 0 Å². The number of carbonyl (C=O) groups excluding carboxylic acids is 2. The number of sulfonamides is 1. The van der Waals surface area contributed by atoms with Crippen molar-refractivity contribution in [3.63, 3.8) is 0 Å². The zero-order chi connectivity index (χ0) is 19.8. The molecular formula is C18H27N4O4S+. The number of benzene rings is 1. The monoisotopic (exact) mass is 395 g/mol. The van der Waals surface area contributed by atoms with Gasteiger partial charge in [-0.2, -0.15) is 4.31 Å². The maximum absolute atomic E-state index is 13.1. The van der Waals surface area contributed by atoms with Crippen LogP contribution in [0.15, 0.2) is 17.0 Å². The van der Waals surface area contributed by atoms with Crippen LogP contribution >= 0.6 is 0 Å². The van der Waals surface area contributed by atoms with E-state index in [2.05, 4.69) is 5.32 Å². The van der Waals surface area contributed by atoms with Crippen LogP contribution in [0.2, 0.25) is 0 Å². The predicted octanol–water partition coefficient (Wildman–Crippen LogP) is -0.947. The summed E-state index contributed by atoms with van der Waals surface area (Å²) in [6.45, 7) is 8.53. The van der Waals surface area contributed by atoms with Crippen molar-refractivity contribution >= 4 is 22.0 Å². The lowest BCUT2D eigenvalue weighted by Gasteiger charge is -2.32. The zero-order valence-corrected chi connectivity index (χ0v) is 16.9. The molecule has 0 unspecified atom stereocenters. The third-order valence-electron chi connectivity index (χ3n) is 5.19. The lowest BCUT2D eigenvalue weighted by Crippen LogP contribution is -3.15. The van der Waals surface area contributed by atoms with E-state index >= 15 is 0 Å². The molecule has 0 aromatic heterocycles. The summed E-state index contributed by atoms with van der Waals surface area (Å²) in [6, 6.07) is 3.44. The Balaban J connectivity index is 1.65. The van der Waals surface area contributed by atoms with Crippen LogP contribution in [0, 0.1) is 20.8 Å². The van der Waals surface area contributed by atoms with Crippen molar-refractivity contribution in [1.29, 1.82) is 0 Å². The highest BCUT2D eigenvalue weighted by atomic mass is 32.2. The minimum atomic E-state index is -3.56. The van der Waals surface area contributed by atoms with Crippen LogP contribution in [0.4, 0.5) is 4.79 Å². The lowest BCUT2D eigenvalue weighted by molar-refractivity contribution is -0.895. The van der Waals surface area contributed by atoms with Crippen molar-refractivity contribution in [3.05, 3.63) is 28.8 Å². The van der Waals surface area contributed by atoms with E-state index in [1.165, 1.54) is 9.21 Å². The van der Waals surface area contributed by atoms with E-state index < -0.39 is 10.0 Å². The van der Waals surface area contributed by atoms with Crippen LogP contribution < -0.4 is 10.2 Å². The van der Waals surface area contributed by atoms with Crippen molar-refractivity contribution < 1.29 is 22.9 Å². The Labute approximate surface area is 160 Å². The van der Waals surface area contributed by atoms with Gasteiger partial charge in [0.25, 0.3) is 5.91 Å². The molecule has 2 aliphatic rings. The number of quaternary nitrogens is 1. The molecule has 1 aromatic rings. The van der Waals surface area contributed by atoms with Gasteiger partial charge in [0, 0.05) is 13.1 Å². The third-order valence-corrected chi connectivity index (χ3v) is 7.40. The average Bonchev–Trinajstić information content (AvgIpc) is 3.00. The smallest absolute Gasteiger partial charge is 0.324 e. The lowest BCUT2D eigenvalue weighted by atomic mass is 10.1. The van der Waals surface area contributed by atoms with Crippen molar-refractivity contribution in [2.24, 2.45) is 0 Å². The van der Waals surface area contributed by atoms with Gasteiger partial charge in [0.05, 0.1) is 31.1 Å². The Kier molecular flexibility index (Phi) is 5.55. The number of hydrogen-bond acceptors (Lipinski definition) is 4. The van der Waals surface area contributed by atoms with E-state index in [-0.39, 0.29) is 18.5 Å². The fourth-order valence-corrected chi connectivity index (χ4v) is 5.79. The molecular weight excluding hydrogens is 368 g/mol. The molecule has 2 heterocycles. The quantitative estimate of drug-likeness (QED) is 0.688. The largest absolute Gasteiger partial charge is 0.336 e. The van der Waals surface area contributed by atoms with Crippen molar-refractivity contribution in [2.75, 3.05) is 45.8 Å². The number of aryl methyl sites for hydroxylation is 3. The molecule has 0 aliphatic carbocycles. The van der Waals surface area contributed by atoms with Crippen LogP contribution in [-0.4, -0.2) is 75.4 Å². The van der Waals surface area contributed by atoms with Crippen LogP contribution in [0.1, 0.15) is 16.7 Å². The number of hydrogen-bond donors (Lipinski definition) is 2. The van der Waals surface area contributed by atoms with Crippen LogP contribution in [0.5, 0.6) is 0 Å². The molecule has 148 valence electrons. The summed E-state index contributed by atoms with van der Waals surface area (Å²) in [5.74, 6) is -0.207. The second-order valence-corrected chi connectivity index (χ2v) is 9.21. The second-order valence-electron chi connectivity index (χ2n) is 7.34. The van der Waals surface area contributed by atoms with Gasteiger partial charge in [0.1, 0.15) is 0 Å². The Morgan fingerprint density at radius 1 is 1.11 bits per heavy atom. The first-order chi connectivity index (χ1) is 12.7. The van der Waals surface area contributed by atoms with Crippen molar-refractivity contribution in [3.8, 4) is 0 Å². The van der Waals surface area contributed by atoms with Gasteiger partial charge in [0.2, 0.25) is 10.0 Å². The van der Waals surface area contributed by atoms with Gasteiger partial charge >= 0.3 is 6.03 Å². The summed E-state index contributed by atoms with van der Waals surface area (Å²) >= 11 is 0. The topological polar surface area (TPSA) is 91.2 Å².